The van der Waals surface area contributed by atoms with E-state index < -0.39 is 17.3 Å². The van der Waals surface area contributed by atoms with E-state index >= 15 is 0 Å². The number of primary amides is 1. The number of aliphatic hydroxyl groups is 1. The molecule has 24 heavy (non-hydrogen) atoms. The average molecular weight is 338 g/mol. The molecular formula is C17H23FN2O4. The largest absolute Gasteiger partial charge is 0.494 e. The molecule has 2 rings (SSSR count). The molecule has 1 aromatic rings. The number of ether oxygens (including phenoxy) is 1. The summed E-state index contributed by atoms with van der Waals surface area (Å²) in [4.78, 5) is 24.9. The minimum absolute atomic E-state index is 0.103. The molecule has 2 amide bonds. The van der Waals surface area contributed by atoms with E-state index in [1.165, 1.54) is 19.2 Å². The molecule has 1 saturated heterocycles. The quantitative estimate of drug-likeness (QED) is 0.809. The van der Waals surface area contributed by atoms with Gasteiger partial charge in [-0.25, -0.2) is 4.39 Å². The standard InChI is InChI=1S/C17H23FN2O4/c1-24-14-5-3-12(9-13(14)18)4-6-16(22)20-8-2-7-17(23,11-20)10-15(19)21/h3,5,9,23H,2,4,6-8,10-11H2,1H3,(H2,19,21). The van der Waals surface area contributed by atoms with E-state index in [4.69, 9.17) is 10.5 Å². The number of nitrogens with two attached hydrogens (primary N) is 1. The zero-order valence-corrected chi connectivity index (χ0v) is 13.8. The predicted octanol–water partition coefficient (Wildman–Crippen LogP) is 0.996. The Balaban J connectivity index is 1.92. The Labute approximate surface area is 140 Å². The van der Waals surface area contributed by atoms with Crippen LogP contribution in [0.25, 0.3) is 0 Å². The number of amides is 2. The Hall–Kier alpha value is -2.15. The van der Waals surface area contributed by atoms with Gasteiger partial charge in [-0.05, 0) is 37.0 Å². The first kappa shape index (κ1) is 18.2. The van der Waals surface area contributed by atoms with Crippen LogP contribution < -0.4 is 10.5 Å². The number of nitrogens with zero attached hydrogens (tertiary/aromatic N) is 1. The molecule has 1 unspecified atom stereocenters. The van der Waals surface area contributed by atoms with Gasteiger partial charge < -0.3 is 20.5 Å². The number of hydrogen-bond donors (Lipinski definition) is 2. The van der Waals surface area contributed by atoms with Crippen LogP contribution >= 0.6 is 0 Å². The summed E-state index contributed by atoms with van der Waals surface area (Å²) in [7, 11) is 1.39. The normalized spacial score (nSPS) is 20.7. The molecule has 1 aliphatic rings. The molecule has 7 heteroatoms. The van der Waals surface area contributed by atoms with Crippen molar-refractivity contribution in [3.05, 3.63) is 29.6 Å². The summed E-state index contributed by atoms with van der Waals surface area (Å²) >= 11 is 0. The molecule has 0 bridgehead atoms. The van der Waals surface area contributed by atoms with Crippen molar-refractivity contribution >= 4 is 11.8 Å². The maximum Gasteiger partial charge on any atom is 0.222 e. The molecular weight excluding hydrogens is 315 g/mol. The van der Waals surface area contributed by atoms with E-state index in [2.05, 4.69) is 0 Å². The monoisotopic (exact) mass is 338 g/mol. The number of piperidine rings is 1. The van der Waals surface area contributed by atoms with Crippen molar-refractivity contribution in [2.75, 3.05) is 20.2 Å². The molecule has 0 radical (unpaired) electrons. The lowest BCUT2D eigenvalue weighted by Crippen LogP contribution is -2.51. The van der Waals surface area contributed by atoms with Crippen molar-refractivity contribution in [3.8, 4) is 5.75 Å². The van der Waals surface area contributed by atoms with Crippen LogP contribution in [0.2, 0.25) is 0 Å². The fourth-order valence-corrected chi connectivity index (χ4v) is 3.07. The first-order valence-corrected chi connectivity index (χ1v) is 7.94. The summed E-state index contributed by atoms with van der Waals surface area (Å²) in [5.74, 6) is -1.01. The van der Waals surface area contributed by atoms with Gasteiger partial charge in [-0.15, -0.1) is 0 Å². The van der Waals surface area contributed by atoms with Crippen molar-refractivity contribution < 1.29 is 23.8 Å². The van der Waals surface area contributed by atoms with Crippen LogP contribution in [-0.4, -0.2) is 47.6 Å². The van der Waals surface area contributed by atoms with E-state index in [-0.39, 0.29) is 31.0 Å². The van der Waals surface area contributed by atoms with Crippen molar-refractivity contribution in [3.63, 3.8) is 0 Å². The predicted molar refractivity (Wildman–Crippen MR) is 85.8 cm³/mol. The van der Waals surface area contributed by atoms with Crippen LogP contribution in [0.15, 0.2) is 18.2 Å². The highest BCUT2D eigenvalue weighted by atomic mass is 19.1. The third kappa shape index (κ3) is 4.67. The fraction of sp³-hybridized carbons (Fsp3) is 0.529. The van der Waals surface area contributed by atoms with Gasteiger partial charge in [0, 0.05) is 19.5 Å². The van der Waals surface area contributed by atoms with Crippen LogP contribution in [0.3, 0.4) is 0 Å². The molecule has 1 heterocycles. The molecule has 3 N–H and O–H groups in total. The van der Waals surface area contributed by atoms with Crippen molar-refractivity contribution in [2.45, 2.75) is 37.7 Å². The zero-order chi connectivity index (χ0) is 17.7. The van der Waals surface area contributed by atoms with Crippen LogP contribution in [-0.2, 0) is 16.0 Å². The number of halogens is 1. The Morgan fingerprint density at radius 2 is 2.21 bits per heavy atom. The van der Waals surface area contributed by atoms with Gasteiger partial charge in [0.1, 0.15) is 0 Å². The second-order valence-electron chi connectivity index (χ2n) is 6.26. The highest BCUT2D eigenvalue weighted by Gasteiger charge is 2.36. The number of carbonyl (C=O) groups excluding carboxylic acids is 2. The summed E-state index contributed by atoms with van der Waals surface area (Å²) in [5, 5.41) is 10.4. The topological polar surface area (TPSA) is 92.9 Å². The average Bonchev–Trinajstić information content (AvgIpc) is 2.51. The summed E-state index contributed by atoms with van der Waals surface area (Å²) in [5.41, 5.74) is 4.61. The third-order valence-corrected chi connectivity index (χ3v) is 4.26. The summed E-state index contributed by atoms with van der Waals surface area (Å²) in [6, 6.07) is 4.60. The highest BCUT2D eigenvalue weighted by Crippen LogP contribution is 2.25. The summed E-state index contributed by atoms with van der Waals surface area (Å²) in [6.45, 7) is 0.641. The van der Waals surface area contributed by atoms with Gasteiger partial charge in [0.25, 0.3) is 0 Å². The maximum absolute atomic E-state index is 13.7. The lowest BCUT2D eigenvalue weighted by atomic mass is 9.89. The van der Waals surface area contributed by atoms with Crippen LogP contribution in [0.1, 0.15) is 31.2 Å². The number of β-amino-alcohol motifs (C(OH)–C–C–N with tert-alkyl or cyclic N) is 1. The molecule has 0 spiro atoms. The number of methoxy groups -OCH3 is 1. The van der Waals surface area contributed by atoms with Crippen LogP contribution in [0, 0.1) is 5.82 Å². The minimum atomic E-state index is -1.24. The van der Waals surface area contributed by atoms with Gasteiger partial charge in [0.2, 0.25) is 11.8 Å². The Bertz CT molecular complexity index is 623. The van der Waals surface area contributed by atoms with Crippen molar-refractivity contribution in [1.29, 1.82) is 0 Å². The Morgan fingerprint density at radius 1 is 1.46 bits per heavy atom. The second kappa shape index (κ2) is 7.61. The van der Waals surface area contributed by atoms with Gasteiger partial charge in [0.15, 0.2) is 11.6 Å². The van der Waals surface area contributed by atoms with Crippen LogP contribution in [0.5, 0.6) is 5.75 Å². The number of aryl methyl sites for hydroxylation is 1. The SMILES string of the molecule is COc1ccc(CCC(=O)N2CCCC(O)(CC(N)=O)C2)cc1F. The maximum atomic E-state index is 13.7. The first-order valence-electron chi connectivity index (χ1n) is 7.94. The number of hydrogen-bond acceptors (Lipinski definition) is 4. The second-order valence-corrected chi connectivity index (χ2v) is 6.26. The zero-order valence-electron chi connectivity index (χ0n) is 13.8. The smallest absolute Gasteiger partial charge is 0.222 e. The number of rotatable bonds is 6. The van der Waals surface area contributed by atoms with Gasteiger partial charge in [0.05, 0.1) is 19.1 Å². The molecule has 0 aromatic heterocycles. The minimum Gasteiger partial charge on any atom is -0.494 e. The molecule has 1 fully saturated rings. The van der Waals surface area contributed by atoms with Gasteiger partial charge in [-0.1, -0.05) is 6.07 Å². The number of benzene rings is 1. The molecule has 1 atom stereocenters. The fourth-order valence-electron chi connectivity index (χ4n) is 3.07. The van der Waals surface area contributed by atoms with Gasteiger partial charge >= 0.3 is 0 Å². The van der Waals surface area contributed by atoms with Crippen LogP contribution in [0.4, 0.5) is 4.39 Å². The Morgan fingerprint density at radius 3 is 2.83 bits per heavy atom. The molecule has 1 aromatic carbocycles. The highest BCUT2D eigenvalue weighted by molar-refractivity contribution is 5.77. The molecule has 0 aliphatic carbocycles. The number of likely N-dealkylation sites (tertiary alicyclic amines) is 1. The van der Waals surface area contributed by atoms with E-state index in [1.54, 1.807) is 11.0 Å². The lowest BCUT2D eigenvalue weighted by molar-refractivity contribution is -0.141. The third-order valence-electron chi connectivity index (χ3n) is 4.26. The van der Waals surface area contributed by atoms with E-state index in [1.807, 2.05) is 0 Å². The summed E-state index contributed by atoms with van der Waals surface area (Å²) < 4.78 is 18.5. The molecule has 0 saturated carbocycles. The molecule has 6 nitrogen and oxygen atoms in total. The first-order chi connectivity index (χ1) is 11.3. The molecule has 132 valence electrons. The van der Waals surface area contributed by atoms with Gasteiger partial charge in [-0.3, -0.25) is 9.59 Å². The van der Waals surface area contributed by atoms with Crippen molar-refractivity contribution in [1.82, 2.24) is 4.90 Å². The van der Waals surface area contributed by atoms with Crippen molar-refractivity contribution in [2.24, 2.45) is 5.73 Å². The molecule has 1 aliphatic heterocycles. The van der Waals surface area contributed by atoms with E-state index in [9.17, 15) is 19.1 Å². The lowest BCUT2D eigenvalue weighted by Gasteiger charge is -2.38. The number of carbonyl (C=O) groups is 2. The van der Waals surface area contributed by atoms with Gasteiger partial charge in [-0.2, -0.15) is 0 Å². The Kier molecular flexibility index (Phi) is 5.77. The van der Waals surface area contributed by atoms with E-state index in [0.717, 1.165) is 0 Å². The summed E-state index contributed by atoms with van der Waals surface area (Å²) in [6.07, 6.45) is 1.51. The van der Waals surface area contributed by atoms with E-state index in [0.29, 0.717) is 31.4 Å².